The lowest BCUT2D eigenvalue weighted by Crippen LogP contribution is -2.40. The lowest BCUT2D eigenvalue weighted by Gasteiger charge is -2.29. The summed E-state index contributed by atoms with van der Waals surface area (Å²) in [5.74, 6) is -0.0465. The van der Waals surface area contributed by atoms with Crippen molar-refractivity contribution in [1.82, 2.24) is 4.31 Å². The van der Waals surface area contributed by atoms with Crippen molar-refractivity contribution in [2.45, 2.75) is 17.7 Å². The fraction of sp³-hybridized carbons (Fsp3) is 0.462. The molecule has 1 heterocycles. The van der Waals surface area contributed by atoms with E-state index in [4.69, 9.17) is 16.3 Å². The van der Waals surface area contributed by atoms with Gasteiger partial charge in [-0.2, -0.15) is 4.31 Å². The van der Waals surface area contributed by atoms with Crippen LogP contribution in [0.5, 0.6) is 5.75 Å². The molecule has 0 spiro atoms. The van der Waals surface area contributed by atoms with Gasteiger partial charge >= 0.3 is 0 Å². The molecule has 1 aromatic rings. The largest absolute Gasteiger partial charge is 0.494 e. The highest BCUT2D eigenvalue weighted by Crippen LogP contribution is 2.37. The number of sulfonamides is 1. The number of carbonyl (C=O) groups is 1. The Balaban J connectivity index is 2.46. The maximum atomic E-state index is 12.8. The summed E-state index contributed by atoms with van der Waals surface area (Å²) in [7, 11) is -2.36. The molecule has 5 nitrogen and oxygen atoms in total. The van der Waals surface area contributed by atoms with E-state index in [9.17, 15) is 13.2 Å². The Labute approximate surface area is 137 Å². The first-order valence-electron chi connectivity index (χ1n) is 6.38. The van der Waals surface area contributed by atoms with E-state index in [1.165, 1.54) is 17.5 Å². The van der Waals surface area contributed by atoms with E-state index >= 15 is 0 Å². The summed E-state index contributed by atoms with van der Waals surface area (Å²) >= 11 is 9.21. The van der Waals surface area contributed by atoms with E-state index in [0.29, 0.717) is 28.9 Å². The molecule has 0 aromatic heterocycles. The molecule has 1 aliphatic heterocycles. The van der Waals surface area contributed by atoms with Crippen LogP contribution in [0.15, 0.2) is 21.5 Å². The standard InChI is InChI=1S/C13H15BrClNO4S/c1-20-13-11(14)5-10(15)6-12(13)21(18,19)16-4-2-3-9(7-16)8-17/h5-6,8-9H,2-4,7H2,1H3. The zero-order valence-electron chi connectivity index (χ0n) is 11.4. The van der Waals surface area contributed by atoms with Crippen LogP contribution >= 0.6 is 27.5 Å². The summed E-state index contributed by atoms with van der Waals surface area (Å²) in [6.07, 6.45) is 2.19. The van der Waals surface area contributed by atoms with Crippen molar-refractivity contribution in [2.75, 3.05) is 20.2 Å². The van der Waals surface area contributed by atoms with Gasteiger partial charge in [0.2, 0.25) is 10.0 Å². The smallest absolute Gasteiger partial charge is 0.246 e. The third-order valence-electron chi connectivity index (χ3n) is 3.41. The number of piperidine rings is 1. The van der Waals surface area contributed by atoms with Gasteiger partial charge in [0, 0.05) is 24.0 Å². The highest BCUT2D eigenvalue weighted by molar-refractivity contribution is 9.10. The van der Waals surface area contributed by atoms with Crippen LogP contribution in [0.25, 0.3) is 0 Å². The summed E-state index contributed by atoms with van der Waals surface area (Å²) in [6.45, 7) is 0.582. The van der Waals surface area contributed by atoms with Gasteiger partial charge in [-0.05, 0) is 40.9 Å². The van der Waals surface area contributed by atoms with Crippen molar-refractivity contribution in [3.8, 4) is 5.75 Å². The molecule has 1 atom stereocenters. The molecule has 8 heteroatoms. The van der Waals surface area contributed by atoms with Crippen LogP contribution in [0.3, 0.4) is 0 Å². The number of benzene rings is 1. The minimum atomic E-state index is -3.76. The van der Waals surface area contributed by atoms with Crippen LogP contribution in [0.2, 0.25) is 5.02 Å². The van der Waals surface area contributed by atoms with Gasteiger partial charge in [0.1, 0.15) is 11.2 Å². The number of hydrogen-bond donors (Lipinski definition) is 0. The fourth-order valence-electron chi connectivity index (χ4n) is 2.37. The Morgan fingerprint density at radius 3 is 2.81 bits per heavy atom. The molecular formula is C13H15BrClNO4S. The number of methoxy groups -OCH3 is 1. The fourth-order valence-corrected chi connectivity index (χ4v) is 5.28. The van der Waals surface area contributed by atoms with Gasteiger partial charge in [-0.1, -0.05) is 11.6 Å². The number of ether oxygens (including phenoxy) is 1. The van der Waals surface area contributed by atoms with Gasteiger partial charge in [-0.3, -0.25) is 0 Å². The quantitative estimate of drug-likeness (QED) is 0.734. The molecule has 0 bridgehead atoms. The van der Waals surface area contributed by atoms with Gasteiger partial charge < -0.3 is 9.53 Å². The minimum absolute atomic E-state index is 0.0101. The van der Waals surface area contributed by atoms with E-state index in [0.717, 1.165) is 6.29 Å². The Hall–Kier alpha value is -0.630. The van der Waals surface area contributed by atoms with E-state index in [-0.39, 0.29) is 23.1 Å². The number of hydrogen-bond acceptors (Lipinski definition) is 4. The number of carbonyl (C=O) groups excluding carboxylic acids is 1. The second-order valence-corrected chi connectivity index (χ2v) is 8.02. The molecule has 1 aromatic carbocycles. The zero-order chi connectivity index (χ0) is 15.6. The molecule has 116 valence electrons. The van der Waals surface area contributed by atoms with Crippen LogP contribution in [0, 0.1) is 5.92 Å². The second-order valence-electron chi connectivity index (χ2n) is 4.82. The van der Waals surface area contributed by atoms with Gasteiger partial charge in [-0.15, -0.1) is 0 Å². The molecular weight excluding hydrogens is 382 g/mol. The number of nitrogens with zero attached hydrogens (tertiary/aromatic N) is 1. The summed E-state index contributed by atoms with van der Waals surface area (Å²) in [5, 5.41) is 0.296. The Bertz CT molecular complexity index is 650. The van der Waals surface area contributed by atoms with Crippen LogP contribution in [0.4, 0.5) is 0 Å². The van der Waals surface area contributed by atoms with Gasteiger partial charge in [0.05, 0.1) is 11.6 Å². The summed E-state index contributed by atoms with van der Waals surface area (Å²) in [4.78, 5) is 10.9. The van der Waals surface area contributed by atoms with Crippen LogP contribution in [-0.2, 0) is 14.8 Å². The zero-order valence-corrected chi connectivity index (χ0v) is 14.5. The van der Waals surface area contributed by atoms with E-state index in [2.05, 4.69) is 15.9 Å². The van der Waals surface area contributed by atoms with Gasteiger partial charge in [-0.25, -0.2) is 8.42 Å². The van der Waals surface area contributed by atoms with E-state index in [1.807, 2.05) is 0 Å². The molecule has 21 heavy (non-hydrogen) atoms. The van der Waals surface area contributed by atoms with Gasteiger partial charge in [0.15, 0.2) is 5.75 Å². The van der Waals surface area contributed by atoms with E-state index in [1.54, 1.807) is 6.07 Å². The topological polar surface area (TPSA) is 63.7 Å². The SMILES string of the molecule is COc1c(Br)cc(Cl)cc1S(=O)(=O)N1CCCC(C=O)C1. The lowest BCUT2D eigenvalue weighted by molar-refractivity contribution is -0.112. The third-order valence-corrected chi connectivity index (χ3v) is 6.09. The molecule has 1 unspecified atom stereocenters. The predicted octanol–water partition coefficient (Wildman–Crippen LogP) is 2.71. The first kappa shape index (κ1) is 16.7. The van der Waals surface area contributed by atoms with Crippen LogP contribution in [0.1, 0.15) is 12.8 Å². The molecule has 1 aliphatic rings. The molecule has 0 amide bonds. The summed E-state index contributed by atoms with van der Waals surface area (Å²) < 4.78 is 32.5. The number of halogens is 2. The lowest BCUT2D eigenvalue weighted by atomic mass is 10.0. The molecule has 0 N–H and O–H groups in total. The predicted molar refractivity (Wildman–Crippen MR) is 83.3 cm³/mol. The van der Waals surface area contributed by atoms with Crippen molar-refractivity contribution in [3.05, 3.63) is 21.6 Å². The Kier molecular flexibility index (Phi) is 5.29. The normalized spacial score (nSPS) is 20.2. The summed E-state index contributed by atoms with van der Waals surface area (Å²) in [6, 6.07) is 2.94. The molecule has 0 radical (unpaired) electrons. The highest BCUT2D eigenvalue weighted by Gasteiger charge is 2.33. The first-order chi connectivity index (χ1) is 9.90. The minimum Gasteiger partial charge on any atom is -0.494 e. The average Bonchev–Trinajstić information content (AvgIpc) is 2.46. The van der Waals surface area contributed by atoms with Crippen molar-refractivity contribution in [1.29, 1.82) is 0 Å². The summed E-state index contributed by atoms with van der Waals surface area (Å²) in [5.41, 5.74) is 0. The third kappa shape index (κ3) is 3.41. The van der Waals surface area contributed by atoms with Crippen molar-refractivity contribution in [2.24, 2.45) is 5.92 Å². The molecule has 1 fully saturated rings. The Morgan fingerprint density at radius 2 is 2.19 bits per heavy atom. The van der Waals surface area contributed by atoms with Gasteiger partial charge in [0.25, 0.3) is 0 Å². The number of aldehydes is 1. The maximum absolute atomic E-state index is 12.8. The van der Waals surface area contributed by atoms with Crippen LogP contribution in [-0.4, -0.2) is 39.2 Å². The molecule has 0 saturated carbocycles. The molecule has 0 aliphatic carbocycles. The first-order valence-corrected chi connectivity index (χ1v) is 8.99. The second kappa shape index (κ2) is 6.64. The van der Waals surface area contributed by atoms with Crippen LogP contribution < -0.4 is 4.74 Å². The van der Waals surface area contributed by atoms with Crippen molar-refractivity contribution >= 4 is 43.8 Å². The number of rotatable bonds is 4. The average molecular weight is 397 g/mol. The Morgan fingerprint density at radius 1 is 1.48 bits per heavy atom. The highest BCUT2D eigenvalue weighted by atomic mass is 79.9. The monoisotopic (exact) mass is 395 g/mol. The molecule has 2 rings (SSSR count). The van der Waals surface area contributed by atoms with E-state index < -0.39 is 10.0 Å². The maximum Gasteiger partial charge on any atom is 0.246 e. The van der Waals surface area contributed by atoms with Crippen molar-refractivity contribution < 1.29 is 17.9 Å². The van der Waals surface area contributed by atoms with Crippen molar-refractivity contribution in [3.63, 3.8) is 0 Å². The molecule has 1 saturated heterocycles.